The average molecular weight is 283 g/mol. The van der Waals surface area contributed by atoms with Gasteiger partial charge in [0, 0.05) is 36.2 Å². The smallest absolute Gasteiger partial charge is 0.123 e. The molecule has 0 aliphatic carbocycles. The Bertz CT molecular complexity index is 458. The molecule has 0 N–H and O–H groups in total. The SMILES string of the molecule is C[C@H](CN1CC[S@](=O)C(C)(C)C1)c1ccc(F)cc1. The molecule has 1 fully saturated rings. The van der Waals surface area contributed by atoms with Gasteiger partial charge in [-0.2, -0.15) is 0 Å². The molecule has 1 saturated heterocycles. The first-order valence-electron chi connectivity index (χ1n) is 6.75. The first-order valence-corrected chi connectivity index (χ1v) is 8.07. The van der Waals surface area contributed by atoms with Crippen LogP contribution in [0, 0.1) is 5.82 Å². The van der Waals surface area contributed by atoms with Gasteiger partial charge in [0.2, 0.25) is 0 Å². The fourth-order valence-corrected chi connectivity index (χ4v) is 3.92. The summed E-state index contributed by atoms with van der Waals surface area (Å²) in [6.07, 6.45) is 0. The van der Waals surface area contributed by atoms with Crippen molar-refractivity contribution in [3.8, 4) is 0 Å². The van der Waals surface area contributed by atoms with Crippen LogP contribution >= 0.6 is 0 Å². The van der Waals surface area contributed by atoms with Gasteiger partial charge in [0.1, 0.15) is 5.82 Å². The number of rotatable bonds is 3. The number of nitrogens with zero attached hydrogens (tertiary/aromatic N) is 1. The Labute approximate surface area is 117 Å². The molecule has 0 saturated carbocycles. The Hall–Kier alpha value is -0.740. The third-order valence-electron chi connectivity index (χ3n) is 3.78. The van der Waals surface area contributed by atoms with Crippen LogP contribution in [-0.4, -0.2) is 39.2 Å². The lowest BCUT2D eigenvalue weighted by atomic mass is 10.00. The van der Waals surface area contributed by atoms with E-state index in [1.54, 1.807) is 0 Å². The molecule has 106 valence electrons. The summed E-state index contributed by atoms with van der Waals surface area (Å²) in [4.78, 5) is 2.37. The van der Waals surface area contributed by atoms with Crippen LogP contribution in [-0.2, 0) is 10.8 Å². The molecule has 1 aromatic carbocycles. The van der Waals surface area contributed by atoms with Crippen LogP contribution < -0.4 is 0 Å². The second-order valence-corrected chi connectivity index (χ2v) is 8.20. The maximum absolute atomic E-state index is 12.9. The van der Waals surface area contributed by atoms with Crippen molar-refractivity contribution in [2.45, 2.75) is 31.4 Å². The second kappa shape index (κ2) is 5.71. The highest BCUT2D eigenvalue weighted by Gasteiger charge is 2.33. The van der Waals surface area contributed by atoms with Crippen molar-refractivity contribution >= 4 is 10.8 Å². The lowest BCUT2D eigenvalue weighted by Gasteiger charge is -2.38. The summed E-state index contributed by atoms with van der Waals surface area (Å²) in [6, 6.07) is 6.74. The van der Waals surface area contributed by atoms with Gasteiger partial charge >= 0.3 is 0 Å². The van der Waals surface area contributed by atoms with Crippen molar-refractivity contribution in [1.82, 2.24) is 4.90 Å². The molecule has 4 heteroatoms. The van der Waals surface area contributed by atoms with Crippen LogP contribution in [0.25, 0.3) is 0 Å². The van der Waals surface area contributed by atoms with Crippen molar-refractivity contribution in [2.75, 3.05) is 25.4 Å². The normalized spacial score (nSPS) is 25.2. The van der Waals surface area contributed by atoms with E-state index in [9.17, 15) is 8.60 Å². The standard InChI is InChI=1S/C15H22FNOS/c1-12(13-4-6-14(16)7-5-13)10-17-8-9-19(18)15(2,3)11-17/h4-7,12H,8-11H2,1-3H3/t12-,19+/m1/s1. The van der Waals surface area contributed by atoms with Crippen molar-refractivity contribution < 1.29 is 8.60 Å². The number of benzene rings is 1. The van der Waals surface area contributed by atoms with Gasteiger partial charge in [-0.15, -0.1) is 0 Å². The molecule has 1 aromatic rings. The minimum atomic E-state index is -0.725. The Morgan fingerprint density at radius 1 is 1.37 bits per heavy atom. The lowest BCUT2D eigenvalue weighted by Crippen LogP contribution is -2.50. The largest absolute Gasteiger partial charge is 0.300 e. The van der Waals surface area contributed by atoms with Gasteiger partial charge in [-0.3, -0.25) is 4.21 Å². The minimum Gasteiger partial charge on any atom is -0.300 e. The van der Waals surface area contributed by atoms with E-state index in [1.807, 2.05) is 12.1 Å². The topological polar surface area (TPSA) is 20.3 Å². The molecule has 0 unspecified atom stereocenters. The molecule has 0 radical (unpaired) electrons. The molecule has 1 aliphatic heterocycles. The van der Waals surface area contributed by atoms with E-state index in [0.29, 0.717) is 5.92 Å². The molecule has 2 atom stereocenters. The summed E-state index contributed by atoms with van der Waals surface area (Å²) in [5, 5.41) is 0. The molecule has 1 aliphatic rings. The van der Waals surface area contributed by atoms with Gasteiger partial charge < -0.3 is 4.90 Å². The van der Waals surface area contributed by atoms with E-state index in [4.69, 9.17) is 0 Å². The summed E-state index contributed by atoms with van der Waals surface area (Å²) >= 11 is 0. The van der Waals surface area contributed by atoms with E-state index in [1.165, 1.54) is 12.1 Å². The average Bonchev–Trinajstić information content (AvgIpc) is 2.34. The molecule has 19 heavy (non-hydrogen) atoms. The molecule has 0 aromatic heterocycles. The zero-order valence-corrected chi connectivity index (χ0v) is 12.7. The van der Waals surface area contributed by atoms with E-state index >= 15 is 0 Å². The third-order valence-corrected chi connectivity index (χ3v) is 5.70. The summed E-state index contributed by atoms with van der Waals surface area (Å²) in [5.74, 6) is 0.928. The predicted molar refractivity (Wildman–Crippen MR) is 78.3 cm³/mol. The summed E-state index contributed by atoms with van der Waals surface area (Å²) < 4.78 is 24.7. The van der Waals surface area contributed by atoms with Gasteiger partial charge in [-0.1, -0.05) is 19.1 Å². The van der Waals surface area contributed by atoms with Crippen LogP contribution in [0.15, 0.2) is 24.3 Å². The minimum absolute atomic E-state index is 0.124. The Kier molecular flexibility index (Phi) is 4.41. The Balaban J connectivity index is 1.98. The van der Waals surface area contributed by atoms with Gasteiger partial charge in [0.05, 0.1) is 4.75 Å². The quantitative estimate of drug-likeness (QED) is 0.850. The van der Waals surface area contributed by atoms with E-state index < -0.39 is 10.8 Å². The summed E-state index contributed by atoms with van der Waals surface area (Å²) in [5.41, 5.74) is 1.16. The zero-order valence-electron chi connectivity index (χ0n) is 11.9. The maximum atomic E-state index is 12.9. The molecular weight excluding hydrogens is 261 g/mol. The zero-order chi connectivity index (χ0) is 14.0. The third kappa shape index (κ3) is 3.63. The van der Waals surface area contributed by atoms with Crippen molar-refractivity contribution in [3.63, 3.8) is 0 Å². The van der Waals surface area contributed by atoms with Crippen LogP contribution in [0.1, 0.15) is 32.3 Å². The first kappa shape index (κ1) is 14.7. The van der Waals surface area contributed by atoms with Crippen molar-refractivity contribution in [2.24, 2.45) is 0 Å². The van der Waals surface area contributed by atoms with Crippen LogP contribution in [0.3, 0.4) is 0 Å². The van der Waals surface area contributed by atoms with Gasteiger partial charge in [-0.05, 0) is 37.5 Å². The molecule has 0 amide bonds. The first-order chi connectivity index (χ1) is 8.88. The van der Waals surface area contributed by atoms with Gasteiger partial charge in [0.25, 0.3) is 0 Å². The summed E-state index contributed by atoms with van der Waals surface area (Å²) in [7, 11) is -0.725. The highest BCUT2D eigenvalue weighted by atomic mass is 32.2. The highest BCUT2D eigenvalue weighted by Crippen LogP contribution is 2.23. The predicted octanol–water partition coefficient (Wildman–Crippen LogP) is 2.77. The van der Waals surface area contributed by atoms with E-state index in [0.717, 1.165) is 31.0 Å². The Morgan fingerprint density at radius 2 is 2.00 bits per heavy atom. The lowest BCUT2D eigenvalue weighted by molar-refractivity contribution is 0.244. The fourth-order valence-electron chi connectivity index (χ4n) is 2.62. The molecule has 0 spiro atoms. The van der Waals surface area contributed by atoms with Crippen LogP contribution in [0.2, 0.25) is 0 Å². The Morgan fingerprint density at radius 3 is 2.58 bits per heavy atom. The van der Waals surface area contributed by atoms with Crippen LogP contribution in [0.5, 0.6) is 0 Å². The van der Waals surface area contributed by atoms with E-state index in [-0.39, 0.29) is 10.6 Å². The maximum Gasteiger partial charge on any atom is 0.123 e. The summed E-state index contributed by atoms with van der Waals surface area (Å²) in [6.45, 7) is 8.99. The fraction of sp³-hybridized carbons (Fsp3) is 0.600. The van der Waals surface area contributed by atoms with Crippen molar-refractivity contribution in [3.05, 3.63) is 35.6 Å². The highest BCUT2D eigenvalue weighted by molar-refractivity contribution is 7.86. The molecule has 0 bridgehead atoms. The second-order valence-electron chi connectivity index (χ2n) is 6.00. The number of hydrogen-bond acceptors (Lipinski definition) is 2. The molecular formula is C15H22FNOS. The molecule has 2 rings (SSSR count). The molecule has 2 nitrogen and oxygen atoms in total. The van der Waals surface area contributed by atoms with E-state index in [2.05, 4.69) is 25.7 Å². The van der Waals surface area contributed by atoms with Gasteiger partial charge in [-0.25, -0.2) is 4.39 Å². The molecule has 1 heterocycles. The monoisotopic (exact) mass is 283 g/mol. The van der Waals surface area contributed by atoms with Crippen LogP contribution in [0.4, 0.5) is 4.39 Å². The van der Waals surface area contributed by atoms with Gasteiger partial charge in [0.15, 0.2) is 0 Å². The number of hydrogen-bond donors (Lipinski definition) is 0. The van der Waals surface area contributed by atoms with Crippen molar-refractivity contribution in [1.29, 1.82) is 0 Å². The number of halogens is 1.